The summed E-state index contributed by atoms with van der Waals surface area (Å²) in [6.07, 6.45) is -2.68. The molecule has 4 nitrogen and oxygen atoms in total. The Balaban J connectivity index is 1.39. The fourth-order valence-corrected chi connectivity index (χ4v) is 4.93. The molecule has 0 unspecified atom stereocenters. The van der Waals surface area contributed by atoms with Crippen molar-refractivity contribution < 1.29 is 13.2 Å². The molecule has 1 aliphatic heterocycles. The Kier molecular flexibility index (Phi) is 5.72. The summed E-state index contributed by atoms with van der Waals surface area (Å²) >= 11 is 1.42. The van der Waals surface area contributed by atoms with Crippen molar-refractivity contribution in [3.63, 3.8) is 0 Å². The Morgan fingerprint density at radius 1 is 0.909 bits per heavy atom. The zero-order chi connectivity index (χ0) is 23.0. The summed E-state index contributed by atoms with van der Waals surface area (Å²) in [7, 11) is 1.98. The van der Waals surface area contributed by atoms with Crippen molar-refractivity contribution >= 4 is 38.6 Å². The highest BCUT2D eigenvalue weighted by molar-refractivity contribution is 7.19. The molecule has 1 aromatic heterocycles. The van der Waals surface area contributed by atoms with E-state index in [9.17, 15) is 13.2 Å². The molecule has 33 heavy (non-hydrogen) atoms. The van der Waals surface area contributed by atoms with Gasteiger partial charge in [0, 0.05) is 43.8 Å². The van der Waals surface area contributed by atoms with Crippen LogP contribution in [-0.2, 0) is 6.18 Å². The number of rotatable bonds is 4. The molecule has 8 heteroatoms. The maximum Gasteiger partial charge on any atom is 0.418 e. The molecule has 4 aromatic rings. The van der Waals surface area contributed by atoms with Gasteiger partial charge in [0.1, 0.15) is 0 Å². The molecule has 3 aromatic carbocycles. The molecule has 0 aliphatic carbocycles. The standard InChI is InChI=1S/C25H23F3N4S/c1-31-10-12-32(13-11-31)22-9-8-20(15-21(22)25(26,27)28)30-24-29-16-23(33-24)19-7-6-17-4-2-3-5-18(17)14-19/h2-9,14-16H,10-13H2,1H3,(H,29,30). The molecule has 0 bridgehead atoms. The summed E-state index contributed by atoms with van der Waals surface area (Å²) in [5, 5.41) is 5.90. The van der Waals surface area contributed by atoms with Crippen LogP contribution in [0, 0.1) is 0 Å². The van der Waals surface area contributed by atoms with Gasteiger partial charge in [0.05, 0.1) is 10.4 Å². The fraction of sp³-hybridized carbons (Fsp3) is 0.240. The van der Waals surface area contributed by atoms with Crippen molar-refractivity contribution in [2.24, 2.45) is 0 Å². The van der Waals surface area contributed by atoms with Crippen LogP contribution in [0.15, 0.2) is 66.9 Å². The number of thiazole rings is 1. The number of fused-ring (bicyclic) bond motifs is 1. The highest BCUT2D eigenvalue weighted by atomic mass is 32.1. The lowest BCUT2D eigenvalue weighted by atomic mass is 10.1. The molecule has 0 amide bonds. The second-order valence-corrected chi connectivity index (χ2v) is 9.27. The summed E-state index contributed by atoms with van der Waals surface area (Å²) in [6, 6.07) is 18.7. The number of hydrogen-bond acceptors (Lipinski definition) is 5. The zero-order valence-electron chi connectivity index (χ0n) is 18.1. The number of nitrogens with one attached hydrogen (secondary N) is 1. The van der Waals surface area contributed by atoms with Gasteiger partial charge in [-0.2, -0.15) is 13.2 Å². The summed E-state index contributed by atoms with van der Waals surface area (Å²) in [5.74, 6) is 0. The van der Waals surface area contributed by atoms with Gasteiger partial charge >= 0.3 is 6.18 Å². The molecule has 2 heterocycles. The molecule has 0 atom stereocenters. The van der Waals surface area contributed by atoms with E-state index in [1.165, 1.54) is 17.4 Å². The minimum absolute atomic E-state index is 0.233. The smallest absolute Gasteiger partial charge is 0.368 e. The minimum atomic E-state index is -4.44. The van der Waals surface area contributed by atoms with Crippen LogP contribution in [0.4, 0.5) is 29.7 Å². The van der Waals surface area contributed by atoms with Gasteiger partial charge in [0.15, 0.2) is 5.13 Å². The average Bonchev–Trinajstić information content (AvgIpc) is 3.27. The number of piperazine rings is 1. The van der Waals surface area contributed by atoms with Gasteiger partial charge in [-0.25, -0.2) is 4.98 Å². The van der Waals surface area contributed by atoms with Crippen LogP contribution in [0.2, 0.25) is 0 Å². The molecule has 1 fully saturated rings. The summed E-state index contributed by atoms with van der Waals surface area (Å²) in [6.45, 7) is 2.64. The Bertz CT molecular complexity index is 1280. The minimum Gasteiger partial charge on any atom is -0.368 e. The van der Waals surface area contributed by atoms with Gasteiger partial charge in [0.25, 0.3) is 0 Å². The molecule has 5 rings (SSSR count). The van der Waals surface area contributed by atoms with Gasteiger partial charge in [-0.3, -0.25) is 0 Å². The number of hydrogen-bond donors (Lipinski definition) is 1. The Hall–Kier alpha value is -3.10. The third-order valence-corrected chi connectivity index (χ3v) is 6.90. The topological polar surface area (TPSA) is 31.4 Å². The van der Waals surface area contributed by atoms with Crippen molar-refractivity contribution in [1.82, 2.24) is 9.88 Å². The molecule has 1 aliphatic rings. The van der Waals surface area contributed by atoms with E-state index >= 15 is 0 Å². The largest absolute Gasteiger partial charge is 0.418 e. The van der Waals surface area contributed by atoms with E-state index in [2.05, 4.69) is 39.5 Å². The first kappa shape index (κ1) is 21.7. The predicted molar refractivity (Wildman–Crippen MR) is 129 cm³/mol. The quantitative estimate of drug-likeness (QED) is 0.372. The number of nitrogens with zero attached hydrogens (tertiary/aromatic N) is 3. The molecule has 0 saturated carbocycles. The van der Waals surface area contributed by atoms with E-state index in [0.717, 1.165) is 34.3 Å². The highest BCUT2D eigenvalue weighted by Crippen LogP contribution is 2.40. The maximum absolute atomic E-state index is 13.9. The maximum atomic E-state index is 13.9. The van der Waals surface area contributed by atoms with Crippen molar-refractivity contribution in [3.05, 3.63) is 72.4 Å². The van der Waals surface area contributed by atoms with E-state index in [1.54, 1.807) is 18.3 Å². The van der Waals surface area contributed by atoms with Crippen LogP contribution in [0.5, 0.6) is 0 Å². The SMILES string of the molecule is CN1CCN(c2ccc(Nc3ncc(-c4ccc5ccccc5c4)s3)cc2C(F)(F)F)CC1. The molecule has 0 radical (unpaired) electrons. The van der Waals surface area contributed by atoms with Crippen LogP contribution in [0.3, 0.4) is 0 Å². The van der Waals surface area contributed by atoms with Crippen LogP contribution in [0.1, 0.15) is 5.56 Å². The number of alkyl halides is 3. The third kappa shape index (κ3) is 4.67. The summed E-state index contributed by atoms with van der Waals surface area (Å²) < 4.78 is 41.6. The first-order chi connectivity index (χ1) is 15.9. The highest BCUT2D eigenvalue weighted by Gasteiger charge is 2.35. The first-order valence-electron chi connectivity index (χ1n) is 10.7. The molecular formula is C25H23F3N4S. The first-order valence-corrected chi connectivity index (χ1v) is 11.6. The monoisotopic (exact) mass is 468 g/mol. The number of benzene rings is 3. The molecule has 170 valence electrons. The van der Waals surface area contributed by atoms with E-state index in [1.807, 2.05) is 30.1 Å². The summed E-state index contributed by atoms with van der Waals surface area (Å²) in [5.41, 5.74) is 1.01. The number of aromatic nitrogens is 1. The lowest BCUT2D eigenvalue weighted by Crippen LogP contribution is -2.45. The van der Waals surface area contributed by atoms with E-state index < -0.39 is 11.7 Å². The fourth-order valence-electron chi connectivity index (χ4n) is 4.10. The number of anilines is 3. The van der Waals surface area contributed by atoms with Crippen LogP contribution >= 0.6 is 11.3 Å². The molecule has 0 spiro atoms. The average molecular weight is 469 g/mol. The van der Waals surface area contributed by atoms with E-state index in [0.29, 0.717) is 23.9 Å². The Morgan fingerprint density at radius 2 is 1.67 bits per heavy atom. The van der Waals surface area contributed by atoms with Crippen molar-refractivity contribution in [2.75, 3.05) is 43.4 Å². The second-order valence-electron chi connectivity index (χ2n) is 8.24. The summed E-state index contributed by atoms with van der Waals surface area (Å²) in [4.78, 5) is 9.28. The van der Waals surface area contributed by atoms with E-state index in [-0.39, 0.29) is 5.69 Å². The Labute approximate surface area is 194 Å². The van der Waals surface area contributed by atoms with Crippen molar-refractivity contribution in [3.8, 4) is 10.4 Å². The number of likely N-dealkylation sites (N-methyl/N-ethyl adjacent to an activating group) is 1. The Morgan fingerprint density at radius 3 is 2.42 bits per heavy atom. The van der Waals surface area contributed by atoms with Gasteiger partial charge in [-0.1, -0.05) is 47.7 Å². The molecule has 1 saturated heterocycles. The van der Waals surface area contributed by atoms with Crippen LogP contribution < -0.4 is 10.2 Å². The van der Waals surface area contributed by atoms with E-state index in [4.69, 9.17) is 0 Å². The molecule has 1 N–H and O–H groups in total. The predicted octanol–water partition coefficient (Wildman–Crippen LogP) is 6.48. The van der Waals surface area contributed by atoms with Gasteiger partial charge in [-0.15, -0.1) is 0 Å². The normalized spacial score (nSPS) is 15.2. The van der Waals surface area contributed by atoms with Crippen LogP contribution in [-0.4, -0.2) is 43.1 Å². The van der Waals surface area contributed by atoms with Crippen molar-refractivity contribution in [1.29, 1.82) is 0 Å². The third-order valence-electron chi connectivity index (χ3n) is 5.94. The second kappa shape index (κ2) is 8.68. The van der Waals surface area contributed by atoms with Crippen LogP contribution in [0.25, 0.3) is 21.2 Å². The van der Waals surface area contributed by atoms with Crippen molar-refractivity contribution in [2.45, 2.75) is 6.18 Å². The van der Waals surface area contributed by atoms with Gasteiger partial charge in [0.2, 0.25) is 0 Å². The number of halogens is 3. The molecular weight excluding hydrogens is 445 g/mol. The lowest BCUT2D eigenvalue weighted by Gasteiger charge is -2.35. The van der Waals surface area contributed by atoms with Gasteiger partial charge in [-0.05, 0) is 47.6 Å². The zero-order valence-corrected chi connectivity index (χ0v) is 18.9. The van der Waals surface area contributed by atoms with Gasteiger partial charge < -0.3 is 15.1 Å². The lowest BCUT2D eigenvalue weighted by molar-refractivity contribution is -0.137.